The fraction of sp³-hybridized carbons (Fsp3) is 0.333. The quantitative estimate of drug-likeness (QED) is 0.762. The van der Waals surface area contributed by atoms with Crippen LogP contribution in [0.3, 0.4) is 0 Å². The number of carbonyl (C=O) groups is 2. The molecule has 0 aliphatic carbocycles. The number of furan rings is 1. The van der Waals surface area contributed by atoms with E-state index in [0.717, 1.165) is 5.56 Å². The van der Waals surface area contributed by atoms with Crippen LogP contribution in [-0.2, 0) is 31.7 Å². The Kier molecular flexibility index (Phi) is 5.80. The minimum absolute atomic E-state index is 0.109. The summed E-state index contributed by atoms with van der Waals surface area (Å²) >= 11 is 0. The molecule has 1 fully saturated rings. The number of hydrogen-bond acceptors (Lipinski definition) is 6. The van der Waals surface area contributed by atoms with Gasteiger partial charge in [0.2, 0.25) is 5.91 Å². The van der Waals surface area contributed by atoms with Gasteiger partial charge in [0.05, 0.1) is 11.5 Å². The molecule has 1 aliphatic rings. The Morgan fingerprint density at radius 1 is 1.15 bits per heavy atom. The van der Waals surface area contributed by atoms with Crippen molar-refractivity contribution in [2.24, 2.45) is 0 Å². The Bertz CT molecular complexity index is 874. The molecule has 0 spiro atoms. The Morgan fingerprint density at radius 2 is 1.89 bits per heavy atom. The fourth-order valence-corrected chi connectivity index (χ4v) is 4.22. The first-order chi connectivity index (χ1) is 12.9. The number of sulfone groups is 1. The number of carbonyl (C=O) groups excluding carboxylic acids is 2. The lowest BCUT2D eigenvalue weighted by molar-refractivity contribution is -0.133. The molecular weight excluding hydrogens is 372 g/mol. The molecule has 1 N–H and O–H groups in total. The maximum Gasteiger partial charge on any atom is 0.407 e. The van der Waals surface area contributed by atoms with Gasteiger partial charge in [0, 0.05) is 13.1 Å². The molecule has 1 saturated heterocycles. The van der Waals surface area contributed by atoms with Crippen molar-refractivity contribution < 1.29 is 27.2 Å². The first-order valence-electron chi connectivity index (χ1n) is 8.40. The molecule has 0 atom stereocenters. The number of amides is 2. The number of rotatable bonds is 7. The van der Waals surface area contributed by atoms with E-state index >= 15 is 0 Å². The number of nitrogens with one attached hydrogen (secondary N) is 1. The van der Waals surface area contributed by atoms with Crippen molar-refractivity contribution in [3.63, 3.8) is 0 Å². The number of hydrogen-bond donors (Lipinski definition) is 1. The summed E-state index contributed by atoms with van der Waals surface area (Å²) in [6, 6.07) is 12.4. The van der Waals surface area contributed by atoms with Crippen molar-refractivity contribution >= 4 is 21.8 Å². The molecule has 3 rings (SSSR count). The number of benzene rings is 1. The molecule has 2 amide bonds. The van der Waals surface area contributed by atoms with Gasteiger partial charge < -0.3 is 19.4 Å². The molecule has 27 heavy (non-hydrogen) atoms. The van der Waals surface area contributed by atoms with E-state index in [1.54, 1.807) is 12.1 Å². The molecule has 0 unspecified atom stereocenters. The minimum atomic E-state index is -3.38. The predicted octanol–water partition coefficient (Wildman–Crippen LogP) is 1.33. The smallest absolute Gasteiger partial charge is 0.407 e. The summed E-state index contributed by atoms with van der Waals surface area (Å²) in [6.45, 7) is 0.0987. The third kappa shape index (κ3) is 5.10. The van der Waals surface area contributed by atoms with Gasteiger partial charge in [-0.25, -0.2) is 13.2 Å². The molecule has 0 bridgehead atoms. The van der Waals surface area contributed by atoms with E-state index in [1.807, 2.05) is 30.3 Å². The Morgan fingerprint density at radius 3 is 2.56 bits per heavy atom. The van der Waals surface area contributed by atoms with Crippen LogP contribution in [-0.4, -0.2) is 50.2 Å². The highest BCUT2D eigenvalue weighted by Crippen LogP contribution is 2.20. The van der Waals surface area contributed by atoms with E-state index in [1.165, 1.54) is 11.2 Å². The van der Waals surface area contributed by atoms with E-state index in [2.05, 4.69) is 5.32 Å². The lowest BCUT2D eigenvalue weighted by Crippen LogP contribution is -2.58. The van der Waals surface area contributed by atoms with Crippen LogP contribution in [0.25, 0.3) is 0 Å². The zero-order valence-corrected chi connectivity index (χ0v) is 15.4. The topological polar surface area (TPSA) is 106 Å². The van der Waals surface area contributed by atoms with Crippen molar-refractivity contribution in [1.82, 2.24) is 10.2 Å². The van der Waals surface area contributed by atoms with E-state index in [9.17, 15) is 18.0 Å². The molecular formula is C18H20N2O6S. The molecule has 1 aliphatic heterocycles. The number of nitrogens with zero attached hydrogens (tertiary/aromatic N) is 1. The molecule has 9 heteroatoms. The third-order valence-corrected chi connectivity index (χ3v) is 6.23. The van der Waals surface area contributed by atoms with Crippen LogP contribution >= 0.6 is 0 Å². The molecule has 1 aromatic heterocycles. The van der Waals surface area contributed by atoms with Crippen LogP contribution in [0.15, 0.2) is 53.1 Å². The summed E-state index contributed by atoms with van der Waals surface area (Å²) in [5, 5.41) is 1.76. The summed E-state index contributed by atoms with van der Waals surface area (Å²) in [4.78, 5) is 25.1. The van der Waals surface area contributed by atoms with E-state index in [0.29, 0.717) is 5.76 Å². The maximum atomic E-state index is 12.2. The highest BCUT2D eigenvalue weighted by Gasteiger charge is 2.39. The number of likely N-dealkylation sites (tertiary alicyclic amines) is 1. The fourth-order valence-electron chi connectivity index (χ4n) is 2.61. The molecule has 0 saturated carbocycles. The van der Waals surface area contributed by atoms with Gasteiger partial charge in [-0.05, 0) is 17.7 Å². The second-order valence-electron chi connectivity index (χ2n) is 6.22. The zero-order chi connectivity index (χ0) is 19.3. The summed E-state index contributed by atoms with van der Waals surface area (Å²) < 4.78 is 34.6. The summed E-state index contributed by atoms with van der Waals surface area (Å²) in [5.41, 5.74) is 0.839. The van der Waals surface area contributed by atoms with Crippen molar-refractivity contribution in [2.45, 2.75) is 17.6 Å². The van der Waals surface area contributed by atoms with E-state index in [4.69, 9.17) is 9.15 Å². The Balaban J connectivity index is 1.37. The van der Waals surface area contributed by atoms with Gasteiger partial charge >= 0.3 is 6.09 Å². The van der Waals surface area contributed by atoms with Gasteiger partial charge in [-0.15, -0.1) is 0 Å². The second-order valence-corrected chi connectivity index (χ2v) is 8.50. The van der Waals surface area contributed by atoms with Crippen molar-refractivity contribution in [3.8, 4) is 0 Å². The molecule has 144 valence electrons. The van der Waals surface area contributed by atoms with E-state index < -0.39 is 21.2 Å². The molecule has 0 radical (unpaired) electrons. The summed E-state index contributed by atoms with van der Waals surface area (Å²) in [6.07, 6.45) is 0.721. The maximum absolute atomic E-state index is 12.2. The number of alkyl carbamates (subject to hydrolysis) is 1. The van der Waals surface area contributed by atoms with Crippen molar-refractivity contribution in [2.75, 3.05) is 19.6 Å². The first kappa shape index (κ1) is 19.0. The predicted molar refractivity (Wildman–Crippen MR) is 96.3 cm³/mol. The summed E-state index contributed by atoms with van der Waals surface area (Å²) in [5.74, 6) is -0.157. The van der Waals surface area contributed by atoms with Gasteiger partial charge in [-0.1, -0.05) is 30.3 Å². The standard InChI is InChI=1S/C18H20N2O6S/c21-17(9-19-18(22)26-12-14-5-2-1-3-6-14)20-10-16(11-20)27(23,24)13-15-7-4-8-25-15/h1-8,16H,9-13H2,(H,19,22). The van der Waals surface area contributed by atoms with Gasteiger partial charge in [-0.3, -0.25) is 4.79 Å². The Labute approximate surface area is 157 Å². The van der Waals surface area contributed by atoms with Gasteiger partial charge in [0.25, 0.3) is 0 Å². The first-order valence-corrected chi connectivity index (χ1v) is 10.1. The lowest BCUT2D eigenvalue weighted by atomic mass is 10.2. The molecule has 2 heterocycles. The van der Waals surface area contributed by atoms with Crippen LogP contribution in [0.1, 0.15) is 11.3 Å². The minimum Gasteiger partial charge on any atom is -0.468 e. The molecule has 8 nitrogen and oxygen atoms in total. The number of ether oxygens (including phenoxy) is 1. The van der Waals surface area contributed by atoms with Gasteiger partial charge in [0.1, 0.15) is 24.7 Å². The average molecular weight is 392 g/mol. The lowest BCUT2D eigenvalue weighted by Gasteiger charge is -2.38. The van der Waals surface area contributed by atoms with Crippen LogP contribution in [0.5, 0.6) is 0 Å². The second kappa shape index (κ2) is 8.26. The average Bonchev–Trinajstić information content (AvgIpc) is 3.09. The normalized spacial score (nSPS) is 14.4. The monoisotopic (exact) mass is 392 g/mol. The highest BCUT2D eigenvalue weighted by atomic mass is 32.2. The van der Waals surface area contributed by atoms with Crippen molar-refractivity contribution in [3.05, 3.63) is 60.1 Å². The SMILES string of the molecule is O=C(NCC(=O)N1CC(S(=O)(=O)Cc2ccco2)C1)OCc1ccccc1. The summed E-state index contributed by atoms with van der Waals surface area (Å²) in [7, 11) is -3.38. The van der Waals surface area contributed by atoms with Crippen LogP contribution < -0.4 is 5.32 Å². The molecule has 1 aromatic carbocycles. The van der Waals surface area contributed by atoms with Crippen LogP contribution in [0.2, 0.25) is 0 Å². The largest absolute Gasteiger partial charge is 0.468 e. The van der Waals surface area contributed by atoms with Gasteiger partial charge in [-0.2, -0.15) is 0 Å². The van der Waals surface area contributed by atoms with Crippen LogP contribution in [0.4, 0.5) is 4.79 Å². The highest BCUT2D eigenvalue weighted by molar-refractivity contribution is 7.91. The molecule has 2 aromatic rings. The van der Waals surface area contributed by atoms with E-state index in [-0.39, 0.29) is 37.9 Å². The van der Waals surface area contributed by atoms with Crippen molar-refractivity contribution in [1.29, 1.82) is 0 Å². The third-order valence-electron chi connectivity index (χ3n) is 4.23. The zero-order valence-electron chi connectivity index (χ0n) is 14.5. The van der Waals surface area contributed by atoms with Gasteiger partial charge in [0.15, 0.2) is 9.84 Å². The van der Waals surface area contributed by atoms with Crippen LogP contribution in [0, 0.1) is 0 Å². The Hall–Kier alpha value is -2.81.